The van der Waals surface area contributed by atoms with Crippen LogP contribution in [0.4, 0.5) is 5.69 Å². The molecule has 0 saturated carbocycles. The molecule has 9 nitrogen and oxygen atoms in total. The van der Waals surface area contributed by atoms with Crippen LogP contribution in [0.25, 0.3) is 0 Å². The number of amides is 1. The number of aryl methyl sites for hydroxylation is 2. The Morgan fingerprint density at radius 3 is 2.45 bits per heavy atom. The lowest BCUT2D eigenvalue weighted by molar-refractivity contribution is -0.384. The number of hydrogen-bond acceptors (Lipinski definition) is 6. The van der Waals surface area contributed by atoms with Gasteiger partial charge in [-0.25, -0.2) is 13.1 Å². The van der Waals surface area contributed by atoms with Gasteiger partial charge in [0.2, 0.25) is 15.9 Å². The minimum atomic E-state index is -3.73. The maximum Gasteiger partial charge on any atom is 0.269 e. The molecule has 0 aliphatic heterocycles. The van der Waals surface area contributed by atoms with Gasteiger partial charge >= 0.3 is 0 Å². The van der Waals surface area contributed by atoms with Crippen molar-refractivity contribution in [3.63, 3.8) is 0 Å². The predicted octanol–water partition coefficient (Wildman–Crippen LogP) is 1.73. The van der Waals surface area contributed by atoms with Gasteiger partial charge in [0.15, 0.2) is 0 Å². The van der Waals surface area contributed by atoms with Crippen LogP contribution in [0.3, 0.4) is 0 Å². The number of carbonyl (C=O) groups excluding carboxylic acids is 1. The van der Waals surface area contributed by atoms with Crippen molar-refractivity contribution >= 4 is 21.6 Å². The van der Waals surface area contributed by atoms with Gasteiger partial charge < -0.3 is 10.4 Å². The van der Waals surface area contributed by atoms with Crippen molar-refractivity contribution in [2.24, 2.45) is 0 Å². The van der Waals surface area contributed by atoms with E-state index in [2.05, 4.69) is 10.0 Å². The first kappa shape index (κ1) is 22.5. The average Bonchev–Trinajstić information content (AvgIpc) is 2.67. The number of nitrogens with one attached hydrogen (secondary N) is 2. The topological polar surface area (TPSA) is 139 Å². The summed E-state index contributed by atoms with van der Waals surface area (Å²) in [7, 11) is -3.73. The Balaban J connectivity index is 1.82. The molecule has 0 fully saturated rings. The maximum atomic E-state index is 12.4. The molecule has 0 heterocycles. The number of nitro benzene ring substituents is 1. The number of non-ortho nitro benzene ring substituents is 1. The highest BCUT2D eigenvalue weighted by atomic mass is 32.2. The molecule has 2 rings (SSSR count). The maximum absolute atomic E-state index is 12.4. The number of nitro groups is 1. The number of rotatable bonds is 9. The normalized spacial score (nSPS) is 12.4. The summed E-state index contributed by atoms with van der Waals surface area (Å²) >= 11 is 0. The summed E-state index contributed by atoms with van der Waals surface area (Å²) in [5.74, 6) is -0.436. The lowest BCUT2D eigenvalue weighted by Gasteiger charge is -2.13. The van der Waals surface area contributed by atoms with Gasteiger partial charge in [-0.05, 0) is 48.7 Å². The quantitative estimate of drug-likeness (QED) is 0.416. The van der Waals surface area contributed by atoms with Crippen molar-refractivity contribution in [2.75, 3.05) is 13.1 Å². The van der Waals surface area contributed by atoms with Gasteiger partial charge in [-0.3, -0.25) is 14.9 Å². The van der Waals surface area contributed by atoms with Crippen LogP contribution in [0.15, 0.2) is 47.4 Å². The smallest absolute Gasteiger partial charge is 0.269 e. The molecular weight excluding hydrogens is 398 g/mol. The third kappa shape index (κ3) is 6.34. The zero-order chi connectivity index (χ0) is 21.6. The minimum Gasteiger partial charge on any atom is -0.387 e. The van der Waals surface area contributed by atoms with E-state index >= 15 is 0 Å². The summed E-state index contributed by atoms with van der Waals surface area (Å²) in [6.45, 7) is 3.30. The lowest BCUT2D eigenvalue weighted by Crippen LogP contribution is -2.33. The molecule has 0 bridgehead atoms. The second-order valence-electron chi connectivity index (χ2n) is 6.59. The fourth-order valence-corrected chi connectivity index (χ4v) is 3.97. The zero-order valence-electron chi connectivity index (χ0n) is 16.1. The average molecular weight is 421 g/mol. The SMILES string of the molecule is Cc1ccc(C)c(S(=O)(=O)NCCC(=O)NCC(O)c2ccc([N+](=O)[O-])cc2)c1. The monoisotopic (exact) mass is 421 g/mol. The van der Waals surface area contributed by atoms with Crippen LogP contribution in [0.2, 0.25) is 0 Å². The fraction of sp³-hybridized carbons (Fsp3) is 0.316. The summed E-state index contributed by atoms with van der Waals surface area (Å²) in [4.78, 5) is 22.2. The number of sulfonamides is 1. The standard InChI is InChI=1S/C19H23N3O6S/c1-13-3-4-14(2)18(11-13)29(27,28)21-10-9-19(24)20-12-17(23)15-5-7-16(8-6-15)22(25)26/h3-8,11,17,21,23H,9-10,12H2,1-2H3,(H,20,24). The van der Waals surface area contributed by atoms with Crippen LogP contribution in [0, 0.1) is 24.0 Å². The predicted molar refractivity (Wildman–Crippen MR) is 107 cm³/mol. The number of hydrogen-bond donors (Lipinski definition) is 3. The molecule has 1 unspecified atom stereocenters. The first-order valence-electron chi connectivity index (χ1n) is 8.86. The van der Waals surface area contributed by atoms with E-state index in [1.54, 1.807) is 26.0 Å². The fourth-order valence-electron chi connectivity index (χ4n) is 2.61. The third-order valence-electron chi connectivity index (χ3n) is 4.26. The molecule has 0 saturated heterocycles. The van der Waals surface area contributed by atoms with E-state index < -0.39 is 27.0 Å². The summed E-state index contributed by atoms with van der Waals surface area (Å²) < 4.78 is 27.2. The zero-order valence-corrected chi connectivity index (χ0v) is 16.9. The number of benzene rings is 2. The Hall–Kier alpha value is -2.82. The Kier molecular flexibility index (Phi) is 7.43. The summed E-state index contributed by atoms with van der Waals surface area (Å²) in [6, 6.07) is 10.5. The van der Waals surface area contributed by atoms with Gasteiger partial charge in [-0.1, -0.05) is 12.1 Å². The first-order chi connectivity index (χ1) is 13.6. The molecule has 0 radical (unpaired) electrons. The molecule has 156 valence electrons. The second-order valence-corrected chi connectivity index (χ2v) is 8.32. The lowest BCUT2D eigenvalue weighted by atomic mass is 10.1. The van der Waals surface area contributed by atoms with Gasteiger partial charge in [0.25, 0.3) is 5.69 Å². The van der Waals surface area contributed by atoms with E-state index in [0.717, 1.165) is 5.56 Å². The minimum absolute atomic E-state index is 0.0881. The molecule has 29 heavy (non-hydrogen) atoms. The van der Waals surface area contributed by atoms with Crippen LogP contribution in [0.1, 0.15) is 29.2 Å². The summed E-state index contributed by atoms with van der Waals surface area (Å²) in [5, 5.41) is 23.2. The van der Waals surface area contributed by atoms with E-state index in [0.29, 0.717) is 11.1 Å². The van der Waals surface area contributed by atoms with Gasteiger partial charge in [0, 0.05) is 31.6 Å². The van der Waals surface area contributed by atoms with E-state index in [9.17, 15) is 28.4 Å². The van der Waals surface area contributed by atoms with Crippen LogP contribution < -0.4 is 10.0 Å². The van der Waals surface area contributed by atoms with E-state index in [1.807, 2.05) is 6.07 Å². The molecule has 0 aliphatic rings. The highest BCUT2D eigenvalue weighted by Crippen LogP contribution is 2.18. The van der Waals surface area contributed by atoms with Gasteiger partial charge in [-0.2, -0.15) is 0 Å². The van der Waals surface area contributed by atoms with E-state index in [4.69, 9.17) is 0 Å². The third-order valence-corrected chi connectivity index (χ3v) is 5.86. The molecule has 1 amide bonds. The molecule has 10 heteroatoms. The van der Waals surface area contributed by atoms with Crippen LogP contribution >= 0.6 is 0 Å². The number of carbonyl (C=O) groups is 1. The Labute approximate surface area is 169 Å². The number of nitrogens with zero attached hydrogens (tertiary/aromatic N) is 1. The molecule has 0 aliphatic carbocycles. The molecule has 1 atom stereocenters. The van der Waals surface area contributed by atoms with Crippen molar-refractivity contribution < 1.29 is 23.2 Å². The van der Waals surface area contributed by atoms with Crippen molar-refractivity contribution in [2.45, 2.75) is 31.3 Å². The highest BCUT2D eigenvalue weighted by molar-refractivity contribution is 7.89. The van der Waals surface area contributed by atoms with Crippen molar-refractivity contribution in [3.8, 4) is 0 Å². The van der Waals surface area contributed by atoms with Crippen LogP contribution in [-0.2, 0) is 14.8 Å². The Morgan fingerprint density at radius 1 is 1.17 bits per heavy atom. The molecule has 2 aromatic carbocycles. The van der Waals surface area contributed by atoms with E-state index in [-0.39, 0.29) is 30.1 Å². The summed E-state index contributed by atoms with van der Waals surface area (Å²) in [6.07, 6.45) is -1.14. The number of aliphatic hydroxyl groups is 1. The first-order valence-corrected chi connectivity index (χ1v) is 10.3. The largest absolute Gasteiger partial charge is 0.387 e. The Bertz CT molecular complexity index is 990. The van der Waals surface area contributed by atoms with Crippen molar-refractivity contribution in [1.29, 1.82) is 0 Å². The van der Waals surface area contributed by atoms with Gasteiger partial charge in [-0.15, -0.1) is 0 Å². The highest BCUT2D eigenvalue weighted by Gasteiger charge is 2.17. The van der Waals surface area contributed by atoms with Gasteiger partial charge in [0.05, 0.1) is 15.9 Å². The molecule has 2 aromatic rings. The Morgan fingerprint density at radius 2 is 1.83 bits per heavy atom. The molecule has 3 N–H and O–H groups in total. The molecule has 0 spiro atoms. The van der Waals surface area contributed by atoms with E-state index in [1.165, 1.54) is 24.3 Å². The van der Waals surface area contributed by atoms with Crippen LogP contribution in [0.5, 0.6) is 0 Å². The molecule has 0 aromatic heterocycles. The van der Waals surface area contributed by atoms with Gasteiger partial charge in [0.1, 0.15) is 0 Å². The summed E-state index contributed by atoms with van der Waals surface area (Å²) in [5.41, 5.74) is 1.75. The molecular formula is C19H23N3O6S. The van der Waals surface area contributed by atoms with Crippen molar-refractivity contribution in [3.05, 3.63) is 69.3 Å². The van der Waals surface area contributed by atoms with Crippen LogP contribution in [-0.4, -0.2) is 37.4 Å². The second kappa shape index (κ2) is 9.59. The number of aliphatic hydroxyl groups excluding tert-OH is 1. The van der Waals surface area contributed by atoms with Crippen molar-refractivity contribution in [1.82, 2.24) is 10.0 Å².